The molecule has 80 valence electrons. The van der Waals surface area contributed by atoms with Crippen molar-refractivity contribution in [3.63, 3.8) is 0 Å². The maximum atomic E-state index is 5.29. The first-order valence-corrected chi connectivity index (χ1v) is 7.89. The van der Waals surface area contributed by atoms with Gasteiger partial charge in [-0.15, -0.1) is 0 Å². The van der Waals surface area contributed by atoms with Crippen LogP contribution in [0, 0.1) is 0 Å². The molecule has 0 aliphatic rings. The van der Waals surface area contributed by atoms with Crippen molar-refractivity contribution in [2.75, 3.05) is 25.6 Å². The largest absolute Gasteiger partial charge is 0.357 e. The Morgan fingerprint density at radius 2 is 1.31 bits per heavy atom. The lowest BCUT2D eigenvalue weighted by Crippen LogP contribution is -2.03. The molecule has 0 N–H and O–H groups in total. The van der Waals surface area contributed by atoms with Crippen molar-refractivity contribution in [1.82, 2.24) is 0 Å². The molecule has 0 heterocycles. The molecule has 0 aliphatic carbocycles. The predicted molar refractivity (Wildman–Crippen MR) is 65.5 cm³/mol. The lowest BCUT2D eigenvalue weighted by molar-refractivity contribution is 0.431. The van der Waals surface area contributed by atoms with Gasteiger partial charge in [0.2, 0.25) is 0 Å². The Bertz CT molecular complexity index is 140. The summed E-state index contributed by atoms with van der Waals surface area (Å²) in [7, 11) is 1.80. The average molecular weight is 204 g/mol. The van der Waals surface area contributed by atoms with Gasteiger partial charge in [-0.3, -0.25) is 0 Å². The molecule has 0 saturated heterocycles. The van der Waals surface area contributed by atoms with Gasteiger partial charge < -0.3 is 4.74 Å². The van der Waals surface area contributed by atoms with Crippen molar-refractivity contribution in [2.24, 2.45) is 0 Å². The molecule has 0 radical (unpaired) electrons. The highest BCUT2D eigenvalue weighted by Crippen LogP contribution is 2.48. The van der Waals surface area contributed by atoms with Gasteiger partial charge in [0.05, 0.1) is 0 Å². The summed E-state index contributed by atoms with van der Waals surface area (Å²) in [4.78, 5) is 0. The fourth-order valence-corrected chi connectivity index (χ4v) is 6.16. The zero-order chi connectivity index (χ0) is 10.2. The molecule has 0 unspecified atom stereocenters. The van der Waals surface area contributed by atoms with Crippen LogP contribution >= 0.6 is 6.89 Å². The molecule has 0 amide bonds. The third kappa shape index (κ3) is 4.88. The van der Waals surface area contributed by atoms with Crippen LogP contribution in [0.25, 0.3) is 0 Å². The summed E-state index contributed by atoms with van der Waals surface area (Å²) in [5, 5.41) is 0. The Hall–Kier alpha value is 0.260. The van der Waals surface area contributed by atoms with Crippen LogP contribution in [-0.4, -0.2) is 31.6 Å². The van der Waals surface area contributed by atoms with Crippen molar-refractivity contribution >= 4 is 12.9 Å². The van der Waals surface area contributed by atoms with Gasteiger partial charge in [-0.1, -0.05) is 46.9 Å². The topological polar surface area (TPSA) is 9.23 Å². The predicted octanol–water partition coefficient (Wildman–Crippen LogP) is 3.64. The van der Waals surface area contributed by atoms with Crippen LogP contribution < -0.4 is 0 Å². The minimum atomic E-state index is -0.843. The van der Waals surface area contributed by atoms with E-state index in [1.807, 2.05) is 0 Å². The van der Waals surface area contributed by atoms with E-state index in [-0.39, 0.29) is 0 Å². The van der Waals surface area contributed by atoms with Gasteiger partial charge in [-0.25, -0.2) is 0 Å². The summed E-state index contributed by atoms with van der Waals surface area (Å²) < 4.78 is 5.29. The number of ether oxygens (including phenoxy) is 1. The molecule has 0 atom stereocenters. The normalized spacial score (nSPS) is 11.7. The van der Waals surface area contributed by atoms with Gasteiger partial charge in [0.1, 0.15) is 0 Å². The van der Waals surface area contributed by atoms with Crippen molar-refractivity contribution < 1.29 is 4.74 Å². The van der Waals surface area contributed by atoms with E-state index in [0.717, 1.165) is 0 Å². The summed E-state index contributed by atoms with van der Waals surface area (Å²) in [5.74, 6) is 2.18. The Balaban J connectivity index is 4.48. The van der Waals surface area contributed by atoms with Crippen molar-refractivity contribution in [3.05, 3.63) is 0 Å². The zero-order valence-electron chi connectivity index (χ0n) is 9.68. The van der Waals surface area contributed by atoms with Gasteiger partial charge in [0.15, 0.2) is 0 Å². The second kappa shape index (κ2) is 7.64. The van der Waals surface area contributed by atoms with Crippen LogP contribution in [0.2, 0.25) is 0 Å². The second-order valence-electron chi connectivity index (χ2n) is 3.73. The highest BCUT2D eigenvalue weighted by atomic mass is 31.2. The lowest BCUT2D eigenvalue weighted by atomic mass is 10.6. The minimum absolute atomic E-state index is 0.843. The molecule has 0 aromatic rings. The van der Waals surface area contributed by atoms with Crippen LogP contribution in [-0.2, 0) is 4.74 Å². The van der Waals surface area contributed by atoms with E-state index < -0.39 is 6.89 Å². The summed E-state index contributed by atoms with van der Waals surface area (Å²) in [6, 6.07) is 0. The summed E-state index contributed by atoms with van der Waals surface area (Å²) in [6.45, 7) is 6.00. The fourth-order valence-electron chi connectivity index (χ4n) is 2.05. The van der Waals surface area contributed by atoms with Crippen LogP contribution in [0.4, 0.5) is 0 Å². The first kappa shape index (κ1) is 13.3. The summed E-state index contributed by atoms with van der Waals surface area (Å²) in [5.41, 5.74) is 0. The number of hydrogen-bond acceptors (Lipinski definition) is 1. The highest BCUT2D eigenvalue weighted by Gasteiger charge is 2.14. The Morgan fingerprint density at radius 1 is 0.923 bits per heavy atom. The van der Waals surface area contributed by atoms with Gasteiger partial charge in [0, 0.05) is 13.1 Å². The Kier molecular flexibility index (Phi) is 7.80. The molecule has 0 aliphatic heterocycles. The van der Waals surface area contributed by atoms with E-state index in [4.69, 9.17) is 4.74 Å². The number of methoxy groups -OCH3 is 1. The first-order chi connectivity index (χ1) is 6.24. The summed E-state index contributed by atoms with van der Waals surface area (Å²) >= 11 is 0. The van der Waals surface area contributed by atoms with E-state index in [0.29, 0.717) is 0 Å². The SMILES string of the molecule is CCCP(=COC)(CCC)CCC. The Labute approximate surface area is 83.8 Å². The molecule has 0 spiro atoms. The lowest BCUT2D eigenvalue weighted by Gasteiger charge is -2.24. The van der Waals surface area contributed by atoms with E-state index in [1.54, 1.807) is 7.11 Å². The number of rotatable bonds is 7. The van der Waals surface area contributed by atoms with Crippen molar-refractivity contribution in [3.8, 4) is 0 Å². The van der Waals surface area contributed by atoms with Crippen LogP contribution in [0.15, 0.2) is 0 Å². The van der Waals surface area contributed by atoms with Gasteiger partial charge in [0.25, 0.3) is 0 Å². The quantitative estimate of drug-likeness (QED) is 0.575. The first-order valence-electron chi connectivity index (χ1n) is 5.47. The zero-order valence-corrected chi connectivity index (χ0v) is 10.6. The smallest absolute Gasteiger partial charge is 0.0414 e. The molecular weight excluding hydrogens is 179 g/mol. The standard InChI is InChI=1S/C11H25OP/c1-5-8-13(9-6-2,10-7-3)11-12-4/h11H,5-10H2,1-4H3. The van der Waals surface area contributed by atoms with E-state index in [2.05, 4.69) is 26.8 Å². The molecule has 0 saturated carbocycles. The van der Waals surface area contributed by atoms with Crippen molar-refractivity contribution in [1.29, 1.82) is 0 Å². The maximum absolute atomic E-state index is 5.29. The van der Waals surface area contributed by atoms with Gasteiger partial charge >= 0.3 is 0 Å². The minimum Gasteiger partial charge on any atom is -0.357 e. The number of hydrogen-bond donors (Lipinski definition) is 0. The molecule has 0 fully saturated rings. The fraction of sp³-hybridized carbons (Fsp3) is 0.909. The maximum Gasteiger partial charge on any atom is 0.0414 e. The van der Waals surface area contributed by atoms with Crippen LogP contribution in [0.1, 0.15) is 40.0 Å². The molecule has 0 rings (SSSR count). The van der Waals surface area contributed by atoms with Gasteiger partial charge in [-0.2, -0.15) is 0 Å². The molecule has 2 heteroatoms. The molecule has 0 aromatic heterocycles. The second-order valence-corrected chi connectivity index (χ2v) is 7.72. The van der Waals surface area contributed by atoms with Gasteiger partial charge in [-0.05, 0) is 18.5 Å². The molecule has 13 heavy (non-hydrogen) atoms. The van der Waals surface area contributed by atoms with Crippen LogP contribution in [0.3, 0.4) is 0 Å². The van der Waals surface area contributed by atoms with E-state index >= 15 is 0 Å². The van der Waals surface area contributed by atoms with Crippen LogP contribution in [0.5, 0.6) is 0 Å². The summed E-state index contributed by atoms with van der Waals surface area (Å²) in [6.07, 6.45) is 8.03. The van der Waals surface area contributed by atoms with E-state index in [9.17, 15) is 0 Å². The molecule has 1 nitrogen and oxygen atoms in total. The molecule has 0 aromatic carbocycles. The van der Waals surface area contributed by atoms with E-state index in [1.165, 1.54) is 37.7 Å². The highest BCUT2D eigenvalue weighted by molar-refractivity contribution is 7.74. The average Bonchev–Trinajstić information content (AvgIpc) is 2.06. The molecular formula is C11H25OP. The monoisotopic (exact) mass is 204 g/mol. The molecule has 0 bridgehead atoms. The Morgan fingerprint density at radius 3 is 1.54 bits per heavy atom. The third-order valence-electron chi connectivity index (χ3n) is 2.34. The van der Waals surface area contributed by atoms with Crippen molar-refractivity contribution in [2.45, 2.75) is 40.0 Å². The third-order valence-corrected chi connectivity index (χ3v) is 7.01.